The maximum absolute atomic E-state index is 12.9. The normalized spacial score (nSPS) is 14.5. The number of benzene rings is 1. The van der Waals surface area contributed by atoms with Crippen LogP contribution in [0.25, 0.3) is 5.69 Å². The second-order valence-corrected chi connectivity index (χ2v) is 6.58. The van der Waals surface area contributed by atoms with Gasteiger partial charge in [-0.15, -0.1) is 5.10 Å². The van der Waals surface area contributed by atoms with Crippen LogP contribution in [-0.4, -0.2) is 38.1 Å². The zero-order valence-electron chi connectivity index (χ0n) is 15.2. The lowest BCUT2D eigenvalue weighted by atomic mass is 10.1. The number of halogens is 2. The molecule has 0 saturated carbocycles. The molecule has 0 atom stereocenters. The number of hydrogen-bond donors (Lipinski definition) is 0. The van der Waals surface area contributed by atoms with E-state index in [1.165, 1.54) is 23.2 Å². The molecule has 2 aromatic heterocycles. The van der Waals surface area contributed by atoms with Crippen LogP contribution >= 0.6 is 0 Å². The fourth-order valence-electron chi connectivity index (χ4n) is 3.13. The average Bonchev–Trinajstić information content (AvgIpc) is 3.22. The van der Waals surface area contributed by atoms with Crippen molar-refractivity contribution in [3.05, 3.63) is 54.0 Å². The Morgan fingerprint density at radius 3 is 2.79 bits per heavy atom. The first-order valence-electron chi connectivity index (χ1n) is 9.19. The van der Waals surface area contributed by atoms with Crippen molar-refractivity contribution in [1.82, 2.24) is 25.0 Å². The van der Waals surface area contributed by atoms with Crippen LogP contribution in [0.5, 0.6) is 6.01 Å². The van der Waals surface area contributed by atoms with Crippen LogP contribution in [0.15, 0.2) is 42.7 Å². The molecule has 3 heterocycles. The van der Waals surface area contributed by atoms with E-state index in [0.29, 0.717) is 11.4 Å². The zero-order chi connectivity index (χ0) is 19.3. The Morgan fingerprint density at radius 1 is 1.11 bits per heavy atom. The van der Waals surface area contributed by atoms with Crippen molar-refractivity contribution in [2.45, 2.75) is 32.3 Å². The van der Waals surface area contributed by atoms with E-state index in [-0.39, 0.29) is 18.2 Å². The average molecular weight is 386 g/mol. The SMILES string of the molecule is FC(F)c1cccc(-n2cc(COc3nccc(N4CCCCC4)n3)nn2)c1. The maximum atomic E-state index is 12.9. The molecule has 0 unspecified atom stereocenters. The van der Waals surface area contributed by atoms with E-state index in [1.54, 1.807) is 24.5 Å². The largest absolute Gasteiger partial charge is 0.457 e. The number of aromatic nitrogens is 5. The molecule has 1 fully saturated rings. The first-order chi connectivity index (χ1) is 13.7. The number of ether oxygens (including phenoxy) is 1. The van der Waals surface area contributed by atoms with Gasteiger partial charge in [-0.05, 0) is 37.5 Å². The Morgan fingerprint density at radius 2 is 1.96 bits per heavy atom. The monoisotopic (exact) mass is 386 g/mol. The highest BCUT2D eigenvalue weighted by Crippen LogP contribution is 2.21. The summed E-state index contributed by atoms with van der Waals surface area (Å²) in [6, 6.07) is 8.17. The van der Waals surface area contributed by atoms with Crippen molar-refractivity contribution in [2.75, 3.05) is 18.0 Å². The summed E-state index contributed by atoms with van der Waals surface area (Å²) in [5.41, 5.74) is 1.00. The van der Waals surface area contributed by atoms with Gasteiger partial charge in [0.1, 0.15) is 18.1 Å². The summed E-state index contributed by atoms with van der Waals surface area (Å²) in [5.74, 6) is 0.858. The van der Waals surface area contributed by atoms with Gasteiger partial charge in [-0.25, -0.2) is 18.4 Å². The molecule has 1 aliphatic rings. The third-order valence-corrected chi connectivity index (χ3v) is 4.58. The summed E-state index contributed by atoms with van der Waals surface area (Å²) in [5, 5.41) is 8.01. The molecule has 0 radical (unpaired) electrons. The van der Waals surface area contributed by atoms with E-state index < -0.39 is 6.43 Å². The molecule has 146 valence electrons. The lowest BCUT2D eigenvalue weighted by Gasteiger charge is -2.27. The molecule has 1 saturated heterocycles. The van der Waals surface area contributed by atoms with Gasteiger partial charge in [0, 0.05) is 24.8 Å². The quantitative estimate of drug-likeness (QED) is 0.645. The highest BCUT2D eigenvalue weighted by molar-refractivity contribution is 5.38. The smallest absolute Gasteiger partial charge is 0.318 e. The van der Waals surface area contributed by atoms with Crippen molar-refractivity contribution < 1.29 is 13.5 Å². The minimum Gasteiger partial charge on any atom is -0.457 e. The van der Waals surface area contributed by atoms with Crippen LogP contribution in [-0.2, 0) is 6.61 Å². The Bertz CT molecular complexity index is 926. The third kappa shape index (κ3) is 4.24. The summed E-state index contributed by atoms with van der Waals surface area (Å²) in [6.45, 7) is 2.11. The molecule has 9 heteroatoms. The van der Waals surface area contributed by atoms with Crippen LogP contribution in [0, 0.1) is 0 Å². The van der Waals surface area contributed by atoms with Gasteiger partial charge >= 0.3 is 6.01 Å². The van der Waals surface area contributed by atoms with Gasteiger partial charge < -0.3 is 9.64 Å². The molecule has 1 aromatic carbocycles. The molecular weight excluding hydrogens is 366 g/mol. The fourth-order valence-corrected chi connectivity index (χ4v) is 3.13. The standard InChI is InChI=1S/C19H20F2N6O/c20-18(21)14-5-4-6-16(11-14)27-12-15(24-25-27)13-28-19-22-8-7-17(23-19)26-9-2-1-3-10-26/h4-8,11-12,18H,1-3,9-10,13H2. The van der Waals surface area contributed by atoms with Crippen molar-refractivity contribution >= 4 is 5.82 Å². The molecule has 0 amide bonds. The maximum Gasteiger partial charge on any atom is 0.318 e. The molecule has 0 bridgehead atoms. The van der Waals surface area contributed by atoms with E-state index >= 15 is 0 Å². The number of piperidine rings is 1. The van der Waals surface area contributed by atoms with Gasteiger partial charge in [0.25, 0.3) is 6.43 Å². The van der Waals surface area contributed by atoms with Gasteiger partial charge in [-0.1, -0.05) is 17.3 Å². The number of anilines is 1. The van der Waals surface area contributed by atoms with Crippen LogP contribution in [0.2, 0.25) is 0 Å². The fraction of sp³-hybridized carbons (Fsp3) is 0.368. The Balaban J connectivity index is 1.41. The van der Waals surface area contributed by atoms with Gasteiger partial charge in [-0.3, -0.25) is 0 Å². The topological polar surface area (TPSA) is 69.0 Å². The number of rotatable bonds is 6. The zero-order valence-corrected chi connectivity index (χ0v) is 15.2. The lowest BCUT2D eigenvalue weighted by molar-refractivity contribution is 0.151. The summed E-state index contributed by atoms with van der Waals surface area (Å²) in [7, 11) is 0. The van der Waals surface area contributed by atoms with Crippen molar-refractivity contribution in [3.63, 3.8) is 0 Å². The molecule has 7 nitrogen and oxygen atoms in total. The summed E-state index contributed by atoms with van der Waals surface area (Å²) in [6.07, 6.45) is 4.36. The van der Waals surface area contributed by atoms with Gasteiger partial charge in [0.05, 0.1) is 11.9 Å². The second-order valence-electron chi connectivity index (χ2n) is 6.58. The minimum absolute atomic E-state index is 0.0614. The first-order valence-corrected chi connectivity index (χ1v) is 9.19. The van der Waals surface area contributed by atoms with Gasteiger partial charge in [-0.2, -0.15) is 4.98 Å². The van der Waals surface area contributed by atoms with E-state index in [0.717, 1.165) is 31.7 Å². The van der Waals surface area contributed by atoms with Crippen molar-refractivity contribution in [1.29, 1.82) is 0 Å². The summed E-state index contributed by atoms with van der Waals surface area (Å²) >= 11 is 0. The lowest BCUT2D eigenvalue weighted by Crippen LogP contribution is -2.30. The summed E-state index contributed by atoms with van der Waals surface area (Å²) in [4.78, 5) is 10.8. The summed E-state index contributed by atoms with van der Waals surface area (Å²) < 4.78 is 32.8. The molecule has 28 heavy (non-hydrogen) atoms. The number of nitrogens with zero attached hydrogens (tertiary/aromatic N) is 6. The van der Waals surface area contributed by atoms with Gasteiger partial charge in [0.15, 0.2) is 0 Å². The molecule has 0 aliphatic carbocycles. The number of hydrogen-bond acceptors (Lipinski definition) is 6. The van der Waals surface area contributed by atoms with E-state index in [4.69, 9.17) is 4.74 Å². The molecule has 1 aliphatic heterocycles. The predicted molar refractivity (Wildman–Crippen MR) is 98.7 cm³/mol. The molecule has 3 aromatic rings. The second kappa shape index (κ2) is 8.28. The molecule has 4 rings (SSSR count). The van der Waals surface area contributed by atoms with Crippen molar-refractivity contribution in [3.8, 4) is 11.7 Å². The molecule has 0 spiro atoms. The molecular formula is C19H20F2N6O. The highest BCUT2D eigenvalue weighted by atomic mass is 19.3. The van der Waals surface area contributed by atoms with Crippen LogP contribution in [0.4, 0.5) is 14.6 Å². The van der Waals surface area contributed by atoms with Crippen LogP contribution in [0.1, 0.15) is 36.9 Å². The van der Waals surface area contributed by atoms with Crippen LogP contribution < -0.4 is 9.64 Å². The first kappa shape index (κ1) is 18.3. The highest BCUT2D eigenvalue weighted by Gasteiger charge is 2.14. The number of alkyl halides is 2. The van der Waals surface area contributed by atoms with E-state index in [2.05, 4.69) is 25.2 Å². The Kier molecular flexibility index (Phi) is 5.41. The van der Waals surface area contributed by atoms with Crippen LogP contribution in [0.3, 0.4) is 0 Å². The molecule has 0 N–H and O–H groups in total. The van der Waals surface area contributed by atoms with E-state index in [1.807, 2.05) is 6.07 Å². The Labute approximate surface area is 161 Å². The van der Waals surface area contributed by atoms with E-state index in [9.17, 15) is 8.78 Å². The minimum atomic E-state index is -2.53. The predicted octanol–water partition coefficient (Wildman–Crippen LogP) is 3.56. The van der Waals surface area contributed by atoms with Crippen molar-refractivity contribution in [2.24, 2.45) is 0 Å². The Hall–Kier alpha value is -3.10. The third-order valence-electron chi connectivity index (χ3n) is 4.58. The van der Waals surface area contributed by atoms with Gasteiger partial charge in [0.2, 0.25) is 0 Å².